The number of hydrogen-bond acceptors (Lipinski definition) is 3. The molecular formula is C10H21O3P. The van der Waals surface area contributed by atoms with Crippen LogP contribution in [0.2, 0.25) is 0 Å². The Morgan fingerprint density at radius 3 is 2.29 bits per heavy atom. The molecule has 14 heavy (non-hydrogen) atoms. The summed E-state index contributed by atoms with van der Waals surface area (Å²) in [7, 11) is 0.000284. The molecule has 0 amide bonds. The molecule has 0 aromatic carbocycles. The molecule has 0 fully saturated rings. The lowest BCUT2D eigenvalue weighted by Gasteiger charge is -2.10. The molecule has 0 rings (SSSR count). The lowest BCUT2D eigenvalue weighted by molar-refractivity contribution is 0.279. The molecule has 0 saturated heterocycles. The number of rotatable bonds is 8. The van der Waals surface area contributed by atoms with Gasteiger partial charge in [-0.1, -0.05) is 31.9 Å². The molecular weight excluding hydrogens is 199 g/mol. The van der Waals surface area contributed by atoms with Crippen LogP contribution in [-0.4, -0.2) is 20.4 Å². The summed E-state index contributed by atoms with van der Waals surface area (Å²) in [6.45, 7) is 2.17. The summed E-state index contributed by atoms with van der Waals surface area (Å²) < 4.78 is 21.1. The lowest BCUT2D eigenvalue weighted by Crippen LogP contribution is -1.91. The lowest BCUT2D eigenvalue weighted by atomic mass is 10.2. The average Bonchev–Trinajstić information content (AvgIpc) is 2.23. The Hall–Kier alpha value is -0.110. The first-order valence-electron chi connectivity index (χ1n) is 5.04. The first-order chi connectivity index (χ1) is 6.68. The Bertz CT molecular complexity index is 194. The average molecular weight is 220 g/mol. The number of allylic oxidation sites excluding steroid dienone is 2. The van der Waals surface area contributed by atoms with Gasteiger partial charge in [-0.2, -0.15) is 0 Å². The fraction of sp³-hybridized carbons (Fsp3) is 0.800. The summed E-state index contributed by atoms with van der Waals surface area (Å²) in [5, 5.41) is 0. The van der Waals surface area contributed by atoms with Gasteiger partial charge in [0.1, 0.15) is 0 Å². The summed E-state index contributed by atoms with van der Waals surface area (Å²) in [5.74, 6) is 0. The highest BCUT2D eigenvalue weighted by molar-refractivity contribution is 7.54. The second-order valence-electron chi connectivity index (χ2n) is 3.13. The molecule has 0 saturated carbocycles. The zero-order chi connectivity index (χ0) is 10.9. The highest BCUT2D eigenvalue weighted by Gasteiger charge is 2.17. The maximum atomic E-state index is 11.5. The predicted molar refractivity (Wildman–Crippen MR) is 59.8 cm³/mol. The molecule has 0 spiro atoms. The molecule has 0 bridgehead atoms. The van der Waals surface area contributed by atoms with Gasteiger partial charge >= 0.3 is 7.60 Å². The minimum Gasteiger partial charge on any atom is -0.312 e. The van der Waals surface area contributed by atoms with Crippen LogP contribution in [-0.2, 0) is 13.6 Å². The molecule has 4 heteroatoms. The van der Waals surface area contributed by atoms with Crippen LogP contribution < -0.4 is 0 Å². The smallest absolute Gasteiger partial charge is 0.312 e. The quantitative estimate of drug-likeness (QED) is 0.356. The molecule has 0 aliphatic carbocycles. The van der Waals surface area contributed by atoms with E-state index < -0.39 is 7.60 Å². The van der Waals surface area contributed by atoms with Crippen LogP contribution in [0.5, 0.6) is 0 Å². The molecule has 0 aliphatic heterocycles. The molecule has 0 aromatic heterocycles. The van der Waals surface area contributed by atoms with Gasteiger partial charge in [0.2, 0.25) is 0 Å². The van der Waals surface area contributed by atoms with Gasteiger partial charge in [0.25, 0.3) is 0 Å². The highest BCUT2D eigenvalue weighted by Crippen LogP contribution is 2.46. The Morgan fingerprint density at radius 2 is 1.79 bits per heavy atom. The van der Waals surface area contributed by atoms with Crippen LogP contribution in [0.4, 0.5) is 0 Å². The number of hydrogen-bond donors (Lipinski definition) is 0. The molecule has 0 heterocycles. The minimum atomic E-state index is -2.82. The summed E-state index contributed by atoms with van der Waals surface area (Å²) in [6.07, 6.45) is 8.99. The Kier molecular flexibility index (Phi) is 8.15. The van der Waals surface area contributed by atoms with Crippen molar-refractivity contribution in [3.05, 3.63) is 12.2 Å². The molecule has 0 radical (unpaired) electrons. The van der Waals surface area contributed by atoms with E-state index in [1.807, 2.05) is 12.2 Å². The van der Waals surface area contributed by atoms with E-state index in [0.717, 1.165) is 6.42 Å². The third-order valence-corrected chi connectivity index (χ3v) is 3.80. The van der Waals surface area contributed by atoms with Crippen molar-refractivity contribution in [1.82, 2.24) is 0 Å². The molecule has 0 aliphatic rings. The molecule has 0 atom stereocenters. The van der Waals surface area contributed by atoms with Crippen LogP contribution in [0, 0.1) is 0 Å². The van der Waals surface area contributed by atoms with Gasteiger partial charge in [-0.15, -0.1) is 0 Å². The molecule has 84 valence electrons. The molecule has 0 unspecified atom stereocenters. The van der Waals surface area contributed by atoms with E-state index in [0.29, 0.717) is 6.16 Å². The van der Waals surface area contributed by atoms with Gasteiger partial charge < -0.3 is 9.05 Å². The van der Waals surface area contributed by atoms with Crippen LogP contribution >= 0.6 is 7.60 Å². The van der Waals surface area contributed by atoms with E-state index in [1.54, 1.807) is 0 Å². The van der Waals surface area contributed by atoms with E-state index in [2.05, 4.69) is 6.92 Å². The molecule has 3 nitrogen and oxygen atoms in total. The summed E-state index contributed by atoms with van der Waals surface area (Å²) in [6, 6.07) is 0. The minimum absolute atomic E-state index is 0.367. The molecule has 0 aromatic rings. The monoisotopic (exact) mass is 220 g/mol. The van der Waals surface area contributed by atoms with Gasteiger partial charge in [-0.3, -0.25) is 4.57 Å². The zero-order valence-electron chi connectivity index (χ0n) is 9.36. The highest BCUT2D eigenvalue weighted by atomic mass is 31.2. The van der Waals surface area contributed by atoms with E-state index in [-0.39, 0.29) is 0 Å². The van der Waals surface area contributed by atoms with E-state index in [9.17, 15) is 4.57 Å². The predicted octanol–water partition coefficient (Wildman–Crippen LogP) is 3.61. The maximum Gasteiger partial charge on any atom is 0.333 e. The van der Waals surface area contributed by atoms with Crippen molar-refractivity contribution >= 4 is 7.60 Å². The summed E-state index contributed by atoms with van der Waals surface area (Å²) in [5.41, 5.74) is 0. The maximum absolute atomic E-state index is 11.5. The zero-order valence-corrected chi connectivity index (χ0v) is 10.3. The normalized spacial score (nSPS) is 12.5. The first kappa shape index (κ1) is 13.9. The Morgan fingerprint density at radius 1 is 1.14 bits per heavy atom. The Balaban J connectivity index is 3.64. The van der Waals surface area contributed by atoms with Crippen molar-refractivity contribution in [3.8, 4) is 0 Å². The van der Waals surface area contributed by atoms with Crippen molar-refractivity contribution in [3.63, 3.8) is 0 Å². The van der Waals surface area contributed by atoms with Crippen LogP contribution in [0.15, 0.2) is 12.2 Å². The van der Waals surface area contributed by atoms with Crippen LogP contribution in [0.3, 0.4) is 0 Å². The summed E-state index contributed by atoms with van der Waals surface area (Å²) in [4.78, 5) is 0. The SMILES string of the molecule is CCCCC/C=C/CP(=O)(OC)OC. The van der Waals surface area contributed by atoms with E-state index >= 15 is 0 Å². The Labute approximate surface area is 87.0 Å². The number of unbranched alkanes of at least 4 members (excludes halogenated alkanes) is 3. The fourth-order valence-corrected chi connectivity index (χ4v) is 1.91. The third kappa shape index (κ3) is 6.36. The first-order valence-corrected chi connectivity index (χ1v) is 6.77. The standard InChI is InChI=1S/C10H21O3P/c1-4-5-6-7-8-9-10-14(11,12-2)13-3/h8-9H,4-7,10H2,1-3H3/b9-8+. The van der Waals surface area contributed by atoms with Gasteiger partial charge in [-0.25, -0.2) is 0 Å². The van der Waals surface area contributed by atoms with Gasteiger partial charge in [0.05, 0.1) is 6.16 Å². The van der Waals surface area contributed by atoms with E-state index in [4.69, 9.17) is 9.05 Å². The van der Waals surface area contributed by atoms with Crippen LogP contribution in [0.1, 0.15) is 32.6 Å². The van der Waals surface area contributed by atoms with Crippen molar-refractivity contribution in [2.24, 2.45) is 0 Å². The van der Waals surface area contributed by atoms with Gasteiger partial charge in [0.15, 0.2) is 0 Å². The fourth-order valence-electron chi connectivity index (χ4n) is 1.06. The van der Waals surface area contributed by atoms with E-state index in [1.165, 1.54) is 33.5 Å². The largest absolute Gasteiger partial charge is 0.333 e. The van der Waals surface area contributed by atoms with Crippen molar-refractivity contribution in [2.75, 3.05) is 20.4 Å². The van der Waals surface area contributed by atoms with Crippen molar-refractivity contribution in [1.29, 1.82) is 0 Å². The van der Waals surface area contributed by atoms with Crippen LogP contribution in [0.25, 0.3) is 0 Å². The van der Waals surface area contributed by atoms with Gasteiger partial charge in [-0.05, 0) is 12.8 Å². The summed E-state index contributed by atoms with van der Waals surface area (Å²) >= 11 is 0. The van der Waals surface area contributed by atoms with Crippen molar-refractivity contribution in [2.45, 2.75) is 32.6 Å². The second-order valence-corrected chi connectivity index (χ2v) is 5.44. The third-order valence-electron chi connectivity index (χ3n) is 2.03. The van der Waals surface area contributed by atoms with Gasteiger partial charge in [0, 0.05) is 14.2 Å². The molecule has 0 N–H and O–H groups in total. The van der Waals surface area contributed by atoms with Crippen molar-refractivity contribution < 1.29 is 13.6 Å². The second kappa shape index (κ2) is 8.22. The topological polar surface area (TPSA) is 35.5 Å².